The van der Waals surface area contributed by atoms with Crippen LogP contribution in [0.3, 0.4) is 0 Å². The predicted molar refractivity (Wildman–Crippen MR) is 138 cm³/mol. The molecule has 0 spiro atoms. The standard InChI is InChI=1S/C28H41N3O4/c1-7-9-19-31(26(33)20(3)29-27(34)35-28(4,5)6)24(22-17-15-21(8-2)16-18-22)25(32)30-23-13-11-10-12-14-23/h2,15-18,20,23-24H,7,9-14,19H2,1,3-6H3,(H,29,34)(H,30,32). The van der Waals surface area contributed by atoms with Gasteiger partial charge in [0.15, 0.2) is 0 Å². The topological polar surface area (TPSA) is 87.7 Å². The minimum absolute atomic E-state index is 0.101. The predicted octanol–water partition coefficient (Wildman–Crippen LogP) is 4.70. The summed E-state index contributed by atoms with van der Waals surface area (Å²) in [6.45, 7) is 9.32. The van der Waals surface area contributed by atoms with Crippen LogP contribution in [-0.4, -0.2) is 47.0 Å². The molecule has 7 heteroatoms. The average molecular weight is 484 g/mol. The highest BCUT2D eigenvalue weighted by molar-refractivity contribution is 5.92. The molecular formula is C28H41N3O4. The van der Waals surface area contributed by atoms with Crippen molar-refractivity contribution in [3.8, 4) is 12.3 Å². The van der Waals surface area contributed by atoms with E-state index in [9.17, 15) is 14.4 Å². The van der Waals surface area contributed by atoms with Crippen LogP contribution >= 0.6 is 0 Å². The van der Waals surface area contributed by atoms with Crippen LogP contribution in [0.25, 0.3) is 0 Å². The van der Waals surface area contributed by atoms with Gasteiger partial charge in [-0.15, -0.1) is 6.42 Å². The van der Waals surface area contributed by atoms with Crippen molar-refractivity contribution in [2.75, 3.05) is 6.54 Å². The Morgan fingerprint density at radius 3 is 2.31 bits per heavy atom. The number of carbonyl (C=O) groups is 3. The highest BCUT2D eigenvalue weighted by atomic mass is 16.6. The Balaban J connectivity index is 2.34. The zero-order valence-electron chi connectivity index (χ0n) is 21.9. The van der Waals surface area contributed by atoms with Gasteiger partial charge in [0.2, 0.25) is 11.8 Å². The molecule has 2 rings (SSSR count). The van der Waals surface area contributed by atoms with E-state index < -0.39 is 23.8 Å². The number of benzene rings is 1. The number of hydrogen-bond acceptors (Lipinski definition) is 4. The number of unbranched alkanes of at least 4 members (excludes halogenated alkanes) is 1. The first kappa shape index (κ1) is 28.2. The number of nitrogens with zero attached hydrogens (tertiary/aromatic N) is 1. The van der Waals surface area contributed by atoms with E-state index in [0.29, 0.717) is 17.7 Å². The van der Waals surface area contributed by atoms with Crippen LogP contribution < -0.4 is 10.6 Å². The maximum Gasteiger partial charge on any atom is 0.408 e. The molecule has 1 aliphatic rings. The third-order valence-corrected chi connectivity index (χ3v) is 6.04. The van der Waals surface area contributed by atoms with E-state index in [4.69, 9.17) is 11.2 Å². The normalized spacial score (nSPS) is 15.9. The number of ether oxygens (including phenoxy) is 1. The van der Waals surface area contributed by atoms with Crippen molar-refractivity contribution in [2.24, 2.45) is 0 Å². The Morgan fingerprint density at radius 2 is 1.77 bits per heavy atom. The Labute approximate surface area is 210 Å². The van der Waals surface area contributed by atoms with Crippen molar-refractivity contribution in [3.05, 3.63) is 35.4 Å². The molecule has 1 saturated carbocycles. The van der Waals surface area contributed by atoms with Crippen molar-refractivity contribution in [1.82, 2.24) is 15.5 Å². The number of hydrogen-bond donors (Lipinski definition) is 2. The maximum absolute atomic E-state index is 13.7. The molecule has 2 N–H and O–H groups in total. The lowest BCUT2D eigenvalue weighted by molar-refractivity contribution is -0.142. The van der Waals surface area contributed by atoms with E-state index in [1.165, 1.54) is 6.42 Å². The second-order valence-corrected chi connectivity index (χ2v) is 10.3. The first-order valence-electron chi connectivity index (χ1n) is 12.7. The molecule has 0 radical (unpaired) electrons. The molecule has 0 bridgehead atoms. The molecule has 3 amide bonds. The van der Waals surface area contributed by atoms with Crippen LogP contribution in [0.1, 0.15) is 96.7 Å². The first-order chi connectivity index (χ1) is 16.6. The summed E-state index contributed by atoms with van der Waals surface area (Å²) < 4.78 is 5.32. The van der Waals surface area contributed by atoms with Crippen LogP contribution in [-0.2, 0) is 14.3 Å². The van der Waals surface area contributed by atoms with Crippen LogP contribution in [0.4, 0.5) is 4.79 Å². The lowest BCUT2D eigenvalue weighted by Crippen LogP contribution is -2.53. The summed E-state index contributed by atoms with van der Waals surface area (Å²) in [7, 11) is 0. The zero-order chi connectivity index (χ0) is 26.0. The van der Waals surface area contributed by atoms with E-state index in [0.717, 1.165) is 38.5 Å². The summed E-state index contributed by atoms with van der Waals surface area (Å²) in [6, 6.07) is 5.57. The molecule has 0 saturated heterocycles. The summed E-state index contributed by atoms with van der Waals surface area (Å²) >= 11 is 0. The first-order valence-corrected chi connectivity index (χ1v) is 12.7. The molecule has 2 atom stereocenters. The van der Waals surface area contributed by atoms with Gasteiger partial charge in [-0.2, -0.15) is 0 Å². The van der Waals surface area contributed by atoms with Gasteiger partial charge in [-0.05, 0) is 64.7 Å². The smallest absolute Gasteiger partial charge is 0.408 e. The molecule has 0 aliphatic heterocycles. The molecule has 0 aromatic heterocycles. The van der Waals surface area contributed by atoms with Gasteiger partial charge in [-0.25, -0.2) is 4.79 Å². The minimum atomic E-state index is -0.864. The van der Waals surface area contributed by atoms with E-state index in [1.54, 1.807) is 56.9 Å². The number of alkyl carbamates (subject to hydrolysis) is 1. The SMILES string of the molecule is C#Cc1ccc(C(C(=O)NC2CCCCC2)N(CCCC)C(=O)C(C)NC(=O)OC(C)(C)C)cc1. The molecule has 1 aromatic carbocycles. The quantitative estimate of drug-likeness (QED) is 0.499. The zero-order valence-corrected chi connectivity index (χ0v) is 21.9. The molecule has 35 heavy (non-hydrogen) atoms. The number of amides is 3. The summed E-state index contributed by atoms with van der Waals surface area (Å²) in [5, 5.41) is 5.81. The van der Waals surface area contributed by atoms with Crippen molar-refractivity contribution in [2.45, 2.75) is 103 Å². The molecule has 1 aromatic rings. The third kappa shape index (κ3) is 8.93. The van der Waals surface area contributed by atoms with Gasteiger partial charge >= 0.3 is 6.09 Å². The monoisotopic (exact) mass is 483 g/mol. The Kier molecular flexibility index (Phi) is 10.6. The summed E-state index contributed by atoms with van der Waals surface area (Å²) in [5.41, 5.74) is 0.702. The van der Waals surface area contributed by atoms with E-state index in [2.05, 4.69) is 16.6 Å². The van der Waals surface area contributed by atoms with Crippen molar-refractivity contribution < 1.29 is 19.1 Å². The fourth-order valence-corrected chi connectivity index (χ4v) is 4.25. The largest absolute Gasteiger partial charge is 0.444 e. The second kappa shape index (κ2) is 13.2. The lowest BCUT2D eigenvalue weighted by Gasteiger charge is -2.35. The van der Waals surface area contributed by atoms with E-state index in [-0.39, 0.29) is 17.9 Å². The molecule has 1 aliphatic carbocycles. The minimum Gasteiger partial charge on any atom is -0.444 e. The van der Waals surface area contributed by atoms with E-state index >= 15 is 0 Å². The van der Waals surface area contributed by atoms with Gasteiger partial charge in [0.05, 0.1) is 0 Å². The fraction of sp³-hybridized carbons (Fsp3) is 0.607. The Bertz CT molecular complexity index is 892. The molecule has 2 unspecified atom stereocenters. The number of terminal acetylenes is 1. The van der Waals surface area contributed by atoms with Crippen molar-refractivity contribution in [1.29, 1.82) is 0 Å². The second-order valence-electron chi connectivity index (χ2n) is 10.3. The van der Waals surface area contributed by atoms with Gasteiger partial charge in [-0.1, -0.05) is 50.7 Å². The molecular weight excluding hydrogens is 442 g/mol. The molecule has 1 fully saturated rings. The summed E-state index contributed by atoms with van der Waals surface area (Å²) in [4.78, 5) is 41.2. The Hall–Kier alpha value is -3.01. The van der Waals surface area contributed by atoms with E-state index in [1.807, 2.05) is 6.92 Å². The molecule has 192 valence electrons. The third-order valence-electron chi connectivity index (χ3n) is 6.04. The lowest BCUT2D eigenvalue weighted by atomic mass is 9.94. The van der Waals surface area contributed by atoms with Gasteiger partial charge in [-0.3, -0.25) is 9.59 Å². The number of rotatable bonds is 9. The number of carbonyl (C=O) groups excluding carboxylic acids is 3. The maximum atomic E-state index is 13.7. The fourth-order valence-electron chi connectivity index (χ4n) is 4.25. The van der Waals surface area contributed by atoms with Crippen LogP contribution in [0.5, 0.6) is 0 Å². The van der Waals surface area contributed by atoms with Crippen LogP contribution in [0, 0.1) is 12.3 Å². The highest BCUT2D eigenvalue weighted by Crippen LogP contribution is 2.26. The van der Waals surface area contributed by atoms with Gasteiger partial charge < -0.3 is 20.3 Å². The van der Waals surface area contributed by atoms with Crippen LogP contribution in [0.2, 0.25) is 0 Å². The highest BCUT2D eigenvalue weighted by Gasteiger charge is 2.35. The molecule has 0 heterocycles. The summed E-state index contributed by atoms with van der Waals surface area (Å²) in [6.07, 6.45) is 11.6. The summed E-state index contributed by atoms with van der Waals surface area (Å²) in [5.74, 6) is 2.04. The Morgan fingerprint density at radius 1 is 1.14 bits per heavy atom. The molecule has 7 nitrogen and oxygen atoms in total. The van der Waals surface area contributed by atoms with Crippen molar-refractivity contribution >= 4 is 17.9 Å². The van der Waals surface area contributed by atoms with Gasteiger partial charge in [0.1, 0.15) is 17.7 Å². The number of nitrogens with one attached hydrogen (secondary N) is 2. The van der Waals surface area contributed by atoms with Crippen molar-refractivity contribution in [3.63, 3.8) is 0 Å². The average Bonchev–Trinajstić information content (AvgIpc) is 2.80. The van der Waals surface area contributed by atoms with Gasteiger partial charge in [0, 0.05) is 18.2 Å². The van der Waals surface area contributed by atoms with Crippen LogP contribution in [0.15, 0.2) is 24.3 Å². The van der Waals surface area contributed by atoms with Gasteiger partial charge in [0.25, 0.3) is 0 Å².